The molecule has 0 spiro atoms. The fraction of sp³-hybridized carbons (Fsp3) is 0.300. The van der Waals surface area contributed by atoms with Crippen LogP contribution in [0, 0.1) is 5.82 Å². The van der Waals surface area contributed by atoms with Crippen molar-refractivity contribution in [2.75, 3.05) is 12.4 Å². The molecule has 0 aliphatic rings. The molecular formula is C10H11FO4S. The lowest BCUT2D eigenvalue weighted by molar-refractivity contribution is -0.139. The van der Waals surface area contributed by atoms with Crippen LogP contribution in [-0.2, 0) is 19.4 Å². The number of hydrogen-bond acceptors (Lipinski definition) is 4. The fourth-order valence-corrected chi connectivity index (χ4v) is 2.24. The van der Waals surface area contributed by atoms with Gasteiger partial charge in [0.25, 0.3) is 0 Å². The Bertz CT molecular complexity index is 481. The SMILES string of the molecule is CCOC(=O)CS(=O)(=O)c1cccc(F)c1. The molecule has 1 rings (SSSR count). The second-order valence-electron chi connectivity index (χ2n) is 3.02. The summed E-state index contributed by atoms with van der Waals surface area (Å²) >= 11 is 0. The van der Waals surface area contributed by atoms with E-state index in [1.165, 1.54) is 12.1 Å². The van der Waals surface area contributed by atoms with Gasteiger partial charge in [0, 0.05) is 0 Å². The van der Waals surface area contributed by atoms with Gasteiger partial charge in [0.05, 0.1) is 11.5 Å². The zero-order valence-electron chi connectivity index (χ0n) is 8.64. The van der Waals surface area contributed by atoms with Gasteiger partial charge in [-0.05, 0) is 25.1 Å². The van der Waals surface area contributed by atoms with Crippen molar-refractivity contribution in [1.82, 2.24) is 0 Å². The van der Waals surface area contributed by atoms with Crippen LogP contribution in [0.2, 0.25) is 0 Å². The Hall–Kier alpha value is -1.43. The molecule has 1 aromatic rings. The first kappa shape index (κ1) is 12.6. The fourth-order valence-electron chi connectivity index (χ4n) is 1.10. The van der Waals surface area contributed by atoms with Crippen LogP contribution in [0.5, 0.6) is 0 Å². The van der Waals surface area contributed by atoms with Crippen molar-refractivity contribution in [3.63, 3.8) is 0 Å². The molecular weight excluding hydrogens is 235 g/mol. The molecule has 1 aromatic carbocycles. The van der Waals surface area contributed by atoms with Crippen LogP contribution in [0.3, 0.4) is 0 Å². The first-order valence-corrected chi connectivity index (χ1v) is 6.25. The molecule has 0 amide bonds. The minimum Gasteiger partial charge on any atom is -0.465 e. The predicted molar refractivity (Wildman–Crippen MR) is 55.1 cm³/mol. The van der Waals surface area contributed by atoms with Gasteiger partial charge in [0.1, 0.15) is 5.82 Å². The van der Waals surface area contributed by atoms with Gasteiger partial charge in [-0.15, -0.1) is 0 Å². The topological polar surface area (TPSA) is 60.4 Å². The van der Waals surface area contributed by atoms with Crippen LogP contribution >= 0.6 is 0 Å². The second kappa shape index (κ2) is 5.07. The third-order valence-corrected chi connectivity index (χ3v) is 3.36. The third kappa shape index (κ3) is 3.30. The summed E-state index contributed by atoms with van der Waals surface area (Å²) in [5.41, 5.74) is 0. The summed E-state index contributed by atoms with van der Waals surface area (Å²) in [6.07, 6.45) is 0. The van der Waals surface area contributed by atoms with Gasteiger partial charge >= 0.3 is 5.97 Å². The molecule has 88 valence electrons. The molecule has 4 nitrogen and oxygen atoms in total. The number of rotatable bonds is 4. The van der Waals surface area contributed by atoms with Gasteiger partial charge in [-0.3, -0.25) is 4.79 Å². The molecule has 6 heteroatoms. The maximum Gasteiger partial charge on any atom is 0.321 e. The smallest absolute Gasteiger partial charge is 0.321 e. The molecule has 0 unspecified atom stereocenters. The number of carbonyl (C=O) groups excluding carboxylic acids is 1. The summed E-state index contributed by atoms with van der Waals surface area (Å²) in [5.74, 6) is -2.28. The largest absolute Gasteiger partial charge is 0.465 e. The molecule has 0 aliphatic carbocycles. The average molecular weight is 246 g/mol. The van der Waals surface area contributed by atoms with Crippen LogP contribution < -0.4 is 0 Å². The maximum atomic E-state index is 12.8. The van der Waals surface area contributed by atoms with Gasteiger partial charge in [0.15, 0.2) is 15.6 Å². The van der Waals surface area contributed by atoms with Crippen molar-refractivity contribution in [3.05, 3.63) is 30.1 Å². The number of ether oxygens (including phenoxy) is 1. The van der Waals surface area contributed by atoms with E-state index >= 15 is 0 Å². The highest BCUT2D eigenvalue weighted by Gasteiger charge is 2.20. The van der Waals surface area contributed by atoms with E-state index in [1.54, 1.807) is 6.92 Å². The van der Waals surface area contributed by atoms with Crippen LogP contribution in [0.25, 0.3) is 0 Å². The van der Waals surface area contributed by atoms with Crippen molar-refractivity contribution in [1.29, 1.82) is 0 Å². The van der Waals surface area contributed by atoms with Crippen molar-refractivity contribution < 1.29 is 22.3 Å². The van der Waals surface area contributed by atoms with E-state index in [0.29, 0.717) is 0 Å². The van der Waals surface area contributed by atoms with Crippen LogP contribution in [0.15, 0.2) is 29.2 Å². The second-order valence-corrected chi connectivity index (χ2v) is 5.01. The zero-order chi connectivity index (χ0) is 12.2. The molecule has 0 N–H and O–H groups in total. The van der Waals surface area contributed by atoms with E-state index in [2.05, 4.69) is 4.74 Å². The molecule has 0 fully saturated rings. The lowest BCUT2D eigenvalue weighted by Gasteiger charge is -2.04. The Labute approximate surface area is 93.0 Å². The summed E-state index contributed by atoms with van der Waals surface area (Å²) in [6, 6.07) is 4.50. The van der Waals surface area contributed by atoms with E-state index in [0.717, 1.165) is 12.1 Å². The van der Waals surface area contributed by atoms with Crippen molar-refractivity contribution in [2.45, 2.75) is 11.8 Å². The Morgan fingerprint density at radius 3 is 2.69 bits per heavy atom. The highest BCUT2D eigenvalue weighted by atomic mass is 32.2. The number of sulfone groups is 1. The summed E-state index contributed by atoms with van der Waals surface area (Å²) in [7, 11) is -3.82. The molecule has 0 saturated heterocycles. The van der Waals surface area contributed by atoms with Crippen molar-refractivity contribution in [3.8, 4) is 0 Å². The van der Waals surface area contributed by atoms with Crippen molar-refractivity contribution in [2.24, 2.45) is 0 Å². The minimum absolute atomic E-state index is 0.109. The van der Waals surface area contributed by atoms with Crippen LogP contribution in [-0.4, -0.2) is 26.7 Å². The lowest BCUT2D eigenvalue weighted by Crippen LogP contribution is -2.18. The van der Waals surface area contributed by atoms with Gasteiger partial charge in [-0.25, -0.2) is 12.8 Å². The predicted octanol–water partition coefficient (Wildman–Crippen LogP) is 1.16. The summed E-state index contributed by atoms with van der Waals surface area (Å²) in [6.45, 7) is 1.68. The first-order valence-electron chi connectivity index (χ1n) is 4.59. The van der Waals surface area contributed by atoms with E-state index in [4.69, 9.17) is 0 Å². The van der Waals surface area contributed by atoms with E-state index in [1.807, 2.05) is 0 Å². The normalized spacial score (nSPS) is 11.1. The Morgan fingerprint density at radius 1 is 1.44 bits per heavy atom. The third-order valence-electron chi connectivity index (χ3n) is 1.77. The molecule has 0 radical (unpaired) electrons. The number of benzene rings is 1. The summed E-state index contributed by atoms with van der Waals surface area (Å²) in [5, 5.41) is 0. The molecule has 0 aromatic heterocycles. The highest BCUT2D eigenvalue weighted by Crippen LogP contribution is 2.12. The summed E-state index contributed by atoms with van der Waals surface area (Å²) in [4.78, 5) is 10.8. The van der Waals surface area contributed by atoms with E-state index < -0.39 is 27.4 Å². The molecule has 16 heavy (non-hydrogen) atoms. The summed E-state index contributed by atoms with van der Waals surface area (Å²) < 4.78 is 40.5. The maximum absolute atomic E-state index is 12.8. The number of hydrogen-bond donors (Lipinski definition) is 0. The van der Waals surface area contributed by atoms with Gasteiger partial charge in [-0.2, -0.15) is 0 Å². The van der Waals surface area contributed by atoms with Gasteiger partial charge in [0.2, 0.25) is 0 Å². The monoisotopic (exact) mass is 246 g/mol. The quantitative estimate of drug-likeness (QED) is 0.748. The number of carbonyl (C=O) groups is 1. The van der Waals surface area contributed by atoms with Crippen LogP contribution in [0.4, 0.5) is 4.39 Å². The molecule has 0 aliphatic heterocycles. The molecule has 0 saturated carbocycles. The van der Waals surface area contributed by atoms with E-state index in [-0.39, 0.29) is 11.5 Å². The van der Waals surface area contributed by atoms with Gasteiger partial charge < -0.3 is 4.74 Å². The molecule has 0 bridgehead atoms. The first-order chi connectivity index (χ1) is 7.45. The number of esters is 1. The minimum atomic E-state index is -3.82. The zero-order valence-corrected chi connectivity index (χ0v) is 9.46. The molecule has 0 heterocycles. The molecule has 0 atom stereocenters. The Morgan fingerprint density at radius 2 is 2.12 bits per heavy atom. The lowest BCUT2D eigenvalue weighted by atomic mass is 10.4. The Kier molecular flexibility index (Phi) is 4.00. The average Bonchev–Trinajstić information content (AvgIpc) is 2.17. The Balaban J connectivity index is 2.90. The van der Waals surface area contributed by atoms with Crippen LogP contribution in [0.1, 0.15) is 6.92 Å². The van der Waals surface area contributed by atoms with Crippen molar-refractivity contribution >= 4 is 15.8 Å². The van der Waals surface area contributed by atoms with E-state index in [9.17, 15) is 17.6 Å². The highest BCUT2D eigenvalue weighted by molar-refractivity contribution is 7.92. The van der Waals surface area contributed by atoms with Gasteiger partial charge in [-0.1, -0.05) is 6.07 Å². The number of halogens is 1. The standard InChI is InChI=1S/C10H11FO4S/c1-2-15-10(12)7-16(13,14)9-5-3-4-8(11)6-9/h3-6H,2,7H2,1H3.